The van der Waals surface area contributed by atoms with Crippen LogP contribution >= 0.6 is 0 Å². The van der Waals surface area contributed by atoms with Crippen molar-refractivity contribution in [3.63, 3.8) is 0 Å². The molecule has 1 atom stereocenters. The lowest BCUT2D eigenvalue weighted by molar-refractivity contribution is -0.141. The molecule has 0 aliphatic carbocycles. The van der Waals surface area contributed by atoms with Crippen LogP contribution in [-0.2, 0) is 9.53 Å². The fraction of sp³-hybridized carbons (Fsp3) is 0.250. The fourth-order valence-corrected chi connectivity index (χ4v) is 1.98. The Hall–Kier alpha value is -2.36. The molecule has 0 aliphatic heterocycles. The highest BCUT2D eigenvalue weighted by atomic mass is 16.5. The van der Waals surface area contributed by atoms with Crippen molar-refractivity contribution in [1.29, 1.82) is 0 Å². The summed E-state index contributed by atoms with van der Waals surface area (Å²) in [5.41, 5.74) is 3.85. The zero-order valence-electron chi connectivity index (χ0n) is 11.9. The highest BCUT2D eigenvalue weighted by molar-refractivity contribution is 5.81. The van der Waals surface area contributed by atoms with Gasteiger partial charge in [-0.05, 0) is 37.6 Å². The van der Waals surface area contributed by atoms with Crippen LogP contribution in [0.5, 0.6) is 0 Å². The van der Waals surface area contributed by atoms with E-state index >= 15 is 0 Å². The molecule has 0 saturated heterocycles. The summed E-state index contributed by atoms with van der Waals surface area (Å²) in [7, 11) is 1.39. The summed E-state index contributed by atoms with van der Waals surface area (Å²) in [6, 6.07) is 9.19. The van der Waals surface area contributed by atoms with E-state index in [0.717, 1.165) is 16.8 Å². The third-order valence-electron chi connectivity index (χ3n) is 3.19. The molecule has 0 bridgehead atoms. The number of hydrogen-bond acceptors (Lipinski definition) is 4. The number of benzene rings is 1. The number of nitrogens with zero attached hydrogens (tertiary/aromatic N) is 1. The van der Waals surface area contributed by atoms with Crippen LogP contribution in [-0.4, -0.2) is 18.1 Å². The first-order valence-electron chi connectivity index (χ1n) is 6.43. The number of hydrogen-bond donors (Lipinski definition) is 1. The highest BCUT2D eigenvalue weighted by Crippen LogP contribution is 2.23. The van der Waals surface area contributed by atoms with E-state index in [2.05, 4.69) is 10.3 Å². The van der Waals surface area contributed by atoms with Gasteiger partial charge in [-0.15, -0.1) is 0 Å². The Labute approximate surface area is 118 Å². The van der Waals surface area contributed by atoms with Gasteiger partial charge in [-0.25, -0.2) is 4.79 Å². The second-order valence-corrected chi connectivity index (χ2v) is 4.70. The number of carbonyl (C=O) groups is 1. The van der Waals surface area contributed by atoms with Gasteiger partial charge in [-0.3, -0.25) is 4.98 Å². The topological polar surface area (TPSA) is 51.2 Å². The molecule has 4 nitrogen and oxygen atoms in total. The molecule has 104 valence electrons. The molecule has 2 aromatic rings. The molecule has 1 N–H and O–H groups in total. The summed E-state index contributed by atoms with van der Waals surface area (Å²) in [4.78, 5) is 16.1. The summed E-state index contributed by atoms with van der Waals surface area (Å²) in [5.74, 6) is -0.332. The van der Waals surface area contributed by atoms with Gasteiger partial charge in [0.15, 0.2) is 6.04 Å². The smallest absolute Gasteiger partial charge is 0.333 e. The maximum absolute atomic E-state index is 12.0. The lowest BCUT2D eigenvalue weighted by Crippen LogP contribution is -2.23. The van der Waals surface area contributed by atoms with Crippen molar-refractivity contribution in [2.75, 3.05) is 12.4 Å². The van der Waals surface area contributed by atoms with E-state index in [4.69, 9.17) is 4.74 Å². The summed E-state index contributed by atoms with van der Waals surface area (Å²) in [5, 5.41) is 3.20. The van der Waals surface area contributed by atoms with Gasteiger partial charge in [-0.1, -0.05) is 17.7 Å². The van der Waals surface area contributed by atoms with E-state index in [0.29, 0.717) is 0 Å². The molecule has 0 aliphatic rings. The molecule has 20 heavy (non-hydrogen) atoms. The number of methoxy groups -OCH3 is 1. The van der Waals surface area contributed by atoms with Crippen LogP contribution in [0.25, 0.3) is 0 Å². The van der Waals surface area contributed by atoms with Gasteiger partial charge in [-0.2, -0.15) is 0 Å². The van der Waals surface area contributed by atoms with E-state index in [1.165, 1.54) is 12.7 Å². The molecule has 2 rings (SSSR count). The minimum atomic E-state index is -0.559. The average molecular weight is 270 g/mol. The summed E-state index contributed by atoms with van der Waals surface area (Å²) in [6.07, 6.45) is 3.40. The number of aryl methyl sites for hydroxylation is 2. The minimum Gasteiger partial charge on any atom is -0.467 e. The van der Waals surface area contributed by atoms with Crippen LogP contribution < -0.4 is 5.32 Å². The number of carbonyl (C=O) groups excluding carboxylic acids is 1. The van der Waals surface area contributed by atoms with Crippen LogP contribution in [0.15, 0.2) is 42.7 Å². The second-order valence-electron chi connectivity index (χ2n) is 4.70. The van der Waals surface area contributed by atoms with Crippen molar-refractivity contribution in [3.05, 3.63) is 59.4 Å². The van der Waals surface area contributed by atoms with Gasteiger partial charge in [0.05, 0.1) is 7.11 Å². The zero-order valence-corrected chi connectivity index (χ0v) is 11.9. The van der Waals surface area contributed by atoms with E-state index < -0.39 is 6.04 Å². The van der Waals surface area contributed by atoms with Crippen LogP contribution in [0.1, 0.15) is 22.7 Å². The summed E-state index contributed by atoms with van der Waals surface area (Å²) >= 11 is 0. The first-order valence-corrected chi connectivity index (χ1v) is 6.43. The fourth-order valence-electron chi connectivity index (χ4n) is 1.98. The van der Waals surface area contributed by atoms with E-state index in [1.54, 1.807) is 12.4 Å². The van der Waals surface area contributed by atoms with Crippen molar-refractivity contribution in [2.24, 2.45) is 0 Å². The molecule has 0 amide bonds. The van der Waals surface area contributed by atoms with Gasteiger partial charge in [0.25, 0.3) is 0 Å². The number of pyridine rings is 1. The molecule has 4 heteroatoms. The van der Waals surface area contributed by atoms with Crippen molar-refractivity contribution >= 4 is 11.7 Å². The monoisotopic (exact) mass is 270 g/mol. The molecule has 1 heterocycles. The third-order valence-corrected chi connectivity index (χ3v) is 3.19. The quantitative estimate of drug-likeness (QED) is 0.868. The number of esters is 1. The molecule has 1 unspecified atom stereocenters. The predicted molar refractivity (Wildman–Crippen MR) is 78.5 cm³/mol. The van der Waals surface area contributed by atoms with Gasteiger partial charge in [0.1, 0.15) is 0 Å². The Morgan fingerprint density at radius 2 is 1.90 bits per heavy atom. The summed E-state index contributed by atoms with van der Waals surface area (Å²) in [6.45, 7) is 3.97. The maximum Gasteiger partial charge on any atom is 0.333 e. The Morgan fingerprint density at radius 3 is 2.50 bits per heavy atom. The Morgan fingerprint density at radius 1 is 1.20 bits per heavy atom. The Bertz CT molecular complexity index is 594. The largest absolute Gasteiger partial charge is 0.467 e. The first kappa shape index (κ1) is 14.1. The van der Waals surface area contributed by atoms with Gasteiger partial charge in [0.2, 0.25) is 0 Å². The molecular formula is C16H18N2O2. The average Bonchev–Trinajstić information content (AvgIpc) is 2.47. The van der Waals surface area contributed by atoms with Crippen molar-refractivity contribution in [2.45, 2.75) is 19.9 Å². The third kappa shape index (κ3) is 3.15. The Balaban J connectivity index is 2.31. The van der Waals surface area contributed by atoms with Gasteiger partial charge >= 0.3 is 5.97 Å². The minimum absolute atomic E-state index is 0.332. The normalized spacial score (nSPS) is 11.8. The molecule has 1 aromatic carbocycles. The standard InChI is InChI=1S/C16H18N2O2/c1-11-4-6-13(7-5-11)18-15(16(19)20-3)14-10-17-9-8-12(14)2/h4-10,15,18H,1-3H3. The SMILES string of the molecule is COC(=O)C(Nc1ccc(C)cc1)c1cnccc1C. The molecular weight excluding hydrogens is 252 g/mol. The van der Waals surface area contributed by atoms with Crippen LogP contribution in [0.3, 0.4) is 0 Å². The van der Waals surface area contributed by atoms with Crippen LogP contribution in [0.4, 0.5) is 5.69 Å². The number of anilines is 1. The zero-order chi connectivity index (χ0) is 14.5. The molecule has 0 spiro atoms. The van der Waals surface area contributed by atoms with E-state index in [1.807, 2.05) is 44.2 Å². The lowest BCUT2D eigenvalue weighted by Gasteiger charge is -2.19. The van der Waals surface area contributed by atoms with E-state index in [9.17, 15) is 4.79 Å². The number of rotatable bonds is 4. The second kappa shape index (κ2) is 6.19. The van der Waals surface area contributed by atoms with Crippen molar-refractivity contribution < 1.29 is 9.53 Å². The van der Waals surface area contributed by atoms with E-state index in [-0.39, 0.29) is 5.97 Å². The number of ether oxygens (including phenoxy) is 1. The molecule has 0 radical (unpaired) electrons. The van der Waals surface area contributed by atoms with Gasteiger partial charge in [0, 0.05) is 23.6 Å². The number of aromatic nitrogens is 1. The molecule has 0 fully saturated rings. The molecule has 0 saturated carbocycles. The highest BCUT2D eigenvalue weighted by Gasteiger charge is 2.23. The van der Waals surface area contributed by atoms with Gasteiger partial charge < -0.3 is 10.1 Å². The van der Waals surface area contributed by atoms with Crippen LogP contribution in [0, 0.1) is 13.8 Å². The lowest BCUT2D eigenvalue weighted by atomic mass is 10.0. The van der Waals surface area contributed by atoms with Crippen molar-refractivity contribution in [3.8, 4) is 0 Å². The Kier molecular flexibility index (Phi) is 4.35. The summed E-state index contributed by atoms with van der Waals surface area (Å²) < 4.78 is 4.89. The van der Waals surface area contributed by atoms with Crippen LogP contribution in [0.2, 0.25) is 0 Å². The maximum atomic E-state index is 12.0. The number of nitrogens with one attached hydrogen (secondary N) is 1. The first-order chi connectivity index (χ1) is 9.61. The molecule has 1 aromatic heterocycles. The predicted octanol–water partition coefficient (Wildman–Crippen LogP) is 3.02. The van der Waals surface area contributed by atoms with Crippen molar-refractivity contribution in [1.82, 2.24) is 4.98 Å².